The van der Waals surface area contributed by atoms with Gasteiger partial charge in [-0.25, -0.2) is 0 Å². The first-order valence-corrected chi connectivity index (χ1v) is 22.6. The zero-order valence-electron chi connectivity index (χ0n) is 36.1. The van der Waals surface area contributed by atoms with Gasteiger partial charge in [0.05, 0.1) is 18.8 Å². The minimum Gasteiger partial charge on any atom is -0.392 e. The van der Waals surface area contributed by atoms with Crippen molar-refractivity contribution in [1.29, 1.82) is 0 Å². The number of nitrogens with one attached hydrogen (secondary N) is 1. The van der Waals surface area contributed by atoms with Gasteiger partial charge in [0.15, 0.2) is 6.29 Å². The fourth-order valence-electron chi connectivity index (χ4n) is 8.55. The van der Waals surface area contributed by atoms with Gasteiger partial charge in [-0.15, -0.1) is 0 Å². The number of rotatable bonds is 23. The molecule has 2 N–H and O–H groups in total. The number of alkyl halides is 3. The number of hydrogen-bond acceptors (Lipinski definition) is 6. The highest BCUT2D eigenvalue weighted by atomic mass is 19.4. The molecule has 5 unspecified atom stereocenters. The third kappa shape index (κ3) is 13.9. The van der Waals surface area contributed by atoms with E-state index in [1.165, 1.54) is 77.0 Å². The van der Waals surface area contributed by atoms with Crippen molar-refractivity contribution in [2.45, 2.75) is 155 Å². The van der Waals surface area contributed by atoms with Crippen molar-refractivity contribution in [3.8, 4) is 11.1 Å². The monoisotopic (exact) mass is 836 g/mol. The molecule has 60 heavy (non-hydrogen) atoms. The van der Waals surface area contributed by atoms with Crippen molar-refractivity contribution in [1.82, 2.24) is 15.1 Å². The molecule has 2 aliphatic heterocycles. The predicted molar refractivity (Wildman–Crippen MR) is 231 cm³/mol. The Morgan fingerprint density at radius 2 is 1.40 bits per heavy atom. The Hall–Kier alpha value is -3.77. The Labute approximate surface area is 356 Å². The Morgan fingerprint density at radius 3 is 2.02 bits per heavy atom. The van der Waals surface area contributed by atoms with Gasteiger partial charge in [-0.2, -0.15) is 13.2 Å². The first-order chi connectivity index (χ1) is 29.0. The summed E-state index contributed by atoms with van der Waals surface area (Å²) in [6.45, 7) is 9.70. The van der Waals surface area contributed by atoms with E-state index in [1.54, 1.807) is 0 Å². The van der Waals surface area contributed by atoms with Gasteiger partial charge < -0.3 is 29.7 Å². The minimum absolute atomic E-state index is 0.0157. The van der Waals surface area contributed by atoms with Crippen LogP contribution in [0.2, 0.25) is 0 Å². The summed E-state index contributed by atoms with van der Waals surface area (Å²) in [7, 11) is 0. The minimum atomic E-state index is -5.02. The molecule has 2 fully saturated rings. The molecule has 3 aromatic rings. The highest BCUT2D eigenvalue weighted by Gasteiger charge is 2.47. The number of carbonyl (C=O) groups excluding carboxylic acids is 2. The smallest absolute Gasteiger partial charge is 0.392 e. The summed E-state index contributed by atoms with van der Waals surface area (Å²) in [5.74, 6) is -2.47. The van der Waals surface area contributed by atoms with Crippen molar-refractivity contribution in [2.75, 3.05) is 26.2 Å². The van der Waals surface area contributed by atoms with Crippen LogP contribution in [-0.4, -0.2) is 71.2 Å². The summed E-state index contributed by atoms with van der Waals surface area (Å²) < 4.78 is 53.1. The number of benzene rings is 3. The van der Waals surface area contributed by atoms with Gasteiger partial charge in [0.2, 0.25) is 5.91 Å². The number of amides is 2. The number of carbonyl (C=O) groups is 2. The summed E-state index contributed by atoms with van der Waals surface area (Å²) >= 11 is 0. The lowest BCUT2D eigenvalue weighted by molar-refractivity contribution is -0.276. The summed E-state index contributed by atoms with van der Waals surface area (Å²) in [4.78, 5) is 28.1. The predicted octanol–water partition coefficient (Wildman–Crippen LogP) is 10.8. The van der Waals surface area contributed by atoms with Crippen molar-refractivity contribution in [3.05, 3.63) is 95.1 Å². The number of ether oxygens (including phenoxy) is 2. The van der Waals surface area contributed by atoms with Crippen molar-refractivity contribution in [2.24, 2.45) is 5.92 Å². The number of halogens is 3. The fraction of sp³-hybridized carbons (Fsp3) is 0.592. The van der Waals surface area contributed by atoms with Crippen molar-refractivity contribution < 1.29 is 37.3 Å². The Balaban J connectivity index is 1.28. The first-order valence-electron chi connectivity index (χ1n) is 22.6. The molecular formula is C49H68F3N3O5. The molecule has 0 spiro atoms. The lowest BCUT2D eigenvalue weighted by atomic mass is 9.89. The van der Waals surface area contributed by atoms with Crippen LogP contribution in [0.3, 0.4) is 0 Å². The molecule has 330 valence electrons. The molecule has 2 heterocycles. The van der Waals surface area contributed by atoms with Crippen LogP contribution in [0.1, 0.15) is 145 Å². The van der Waals surface area contributed by atoms with E-state index in [9.17, 15) is 27.9 Å². The molecule has 2 amide bonds. The Morgan fingerprint density at radius 1 is 0.783 bits per heavy atom. The molecule has 0 aromatic heterocycles. The van der Waals surface area contributed by atoms with Gasteiger partial charge in [0, 0.05) is 31.1 Å². The zero-order chi connectivity index (χ0) is 42.9. The molecule has 8 nitrogen and oxygen atoms in total. The van der Waals surface area contributed by atoms with Gasteiger partial charge in [-0.3, -0.25) is 9.59 Å². The molecule has 2 aliphatic rings. The summed E-state index contributed by atoms with van der Waals surface area (Å²) in [6, 6.07) is 22.7. The quantitative estimate of drug-likeness (QED) is 0.0925. The van der Waals surface area contributed by atoms with E-state index >= 15 is 0 Å². The van der Waals surface area contributed by atoms with Gasteiger partial charge in [-0.1, -0.05) is 152 Å². The highest BCUT2D eigenvalue weighted by Crippen LogP contribution is 2.42. The zero-order valence-corrected chi connectivity index (χ0v) is 36.1. The maximum atomic E-state index is 13.1. The van der Waals surface area contributed by atoms with Gasteiger partial charge in [-0.05, 0) is 72.7 Å². The molecule has 2 saturated heterocycles. The molecule has 0 radical (unpaired) electrons. The number of unbranched alkanes of at least 4 members (excludes halogenated alkanes) is 10. The number of nitrogens with zero attached hydrogens (tertiary/aromatic N) is 2. The standard InChI is InChI=1S/C49H68F3N3O5/c1-4-6-8-10-12-14-29-54(30-15-13-11-9-7-5-2)34-44-36(3)45(40-23-21-37(35-56)22-24-40)60-47(59-44)41-27-25-39(26-28-41)42-19-16-18-38(32-42)33-53-46(57)43-20-17-31-55(43)48(58)49(50,51)52/h16,18-19,21-28,32,36,43-45,47,56H,4-15,17,20,29-31,33-35H2,1-3H3,(H,53,57). The van der Waals surface area contributed by atoms with Crippen LogP contribution in [0, 0.1) is 5.92 Å². The number of likely N-dealkylation sites (tertiary alicyclic amines) is 1. The van der Waals surface area contributed by atoms with Gasteiger partial charge in [0.1, 0.15) is 6.04 Å². The van der Waals surface area contributed by atoms with E-state index in [1.807, 2.05) is 60.7 Å². The lowest BCUT2D eigenvalue weighted by Crippen LogP contribution is -2.50. The third-order valence-electron chi connectivity index (χ3n) is 12.2. The lowest BCUT2D eigenvalue weighted by Gasteiger charge is -2.43. The maximum absolute atomic E-state index is 13.1. The molecule has 5 atom stereocenters. The number of aliphatic hydroxyl groups is 1. The molecule has 3 aromatic carbocycles. The van der Waals surface area contributed by atoms with Crippen LogP contribution < -0.4 is 5.32 Å². The summed E-state index contributed by atoms with van der Waals surface area (Å²) in [6.07, 6.45) is 9.78. The Bertz CT molecular complexity index is 1720. The molecule has 0 saturated carbocycles. The van der Waals surface area contributed by atoms with E-state index in [-0.39, 0.29) is 44.2 Å². The second kappa shape index (κ2) is 24.0. The SMILES string of the molecule is CCCCCCCCN(CCCCCCCC)CC1OC(c2ccc(-c3cccc(CNC(=O)C4CCCN4C(=O)C(F)(F)F)c3)cc2)OC(c2ccc(CO)cc2)C1C. The fourth-order valence-corrected chi connectivity index (χ4v) is 8.55. The van der Waals surface area contributed by atoms with E-state index < -0.39 is 30.3 Å². The molecule has 11 heteroatoms. The second-order valence-electron chi connectivity index (χ2n) is 16.9. The topological polar surface area (TPSA) is 91.3 Å². The number of aliphatic hydroxyl groups excluding tert-OH is 1. The molecule has 5 rings (SSSR count). The average Bonchev–Trinajstić information content (AvgIpc) is 3.75. The molecule has 0 bridgehead atoms. The van der Waals surface area contributed by atoms with Gasteiger partial charge in [0.25, 0.3) is 0 Å². The van der Waals surface area contributed by atoms with Crippen LogP contribution >= 0.6 is 0 Å². The second-order valence-corrected chi connectivity index (χ2v) is 16.9. The van der Waals surface area contributed by atoms with Crippen molar-refractivity contribution >= 4 is 11.8 Å². The van der Waals surface area contributed by atoms with Crippen LogP contribution in [0.4, 0.5) is 13.2 Å². The first kappa shape index (κ1) is 47.3. The Kier molecular flexibility index (Phi) is 18.9. The highest BCUT2D eigenvalue weighted by molar-refractivity contribution is 5.90. The molecule has 0 aliphatic carbocycles. The maximum Gasteiger partial charge on any atom is 0.471 e. The number of hydrogen-bond donors (Lipinski definition) is 2. The summed E-state index contributed by atoms with van der Waals surface area (Å²) in [5, 5.41) is 12.5. The van der Waals surface area contributed by atoms with Crippen LogP contribution in [-0.2, 0) is 32.2 Å². The van der Waals surface area contributed by atoms with E-state index in [4.69, 9.17) is 9.47 Å². The van der Waals surface area contributed by atoms with Gasteiger partial charge >= 0.3 is 12.1 Å². The van der Waals surface area contributed by atoms with Crippen LogP contribution in [0.5, 0.6) is 0 Å². The average molecular weight is 836 g/mol. The molecular weight excluding hydrogens is 768 g/mol. The third-order valence-corrected chi connectivity index (χ3v) is 12.2. The van der Waals surface area contributed by atoms with Crippen LogP contribution in [0.15, 0.2) is 72.8 Å². The van der Waals surface area contributed by atoms with E-state index in [0.29, 0.717) is 11.3 Å². The normalized spacial score (nSPS) is 20.8. The van der Waals surface area contributed by atoms with Crippen molar-refractivity contribution in [3.63, 3.8) is 0 Å². The van der Waals surface area contributed by atoms with E-state index in [2.05, 4.69) is 43.1 Å². The van der Waals surface area contributed by atoms with Crippen LogP contribution in [0.25, 0.3) is 11.1 Å². The largest absolute Gasteiger partial charge is 0.471 e. The summed E-state index contributed by atoms with van der Waals surface area (Å²) in [5.41, 5.74) is 5.48. The van der Waals surface area contributed by atoms with E-state index in [0.717, 1.165) is 53.0 Å².